The standard InChI is InChI=1S/C61H68N10O15S/c1-34(29-36-11-15-38(72)16-12-36)66-55(80)46(22-13-35-7-3-2-4-8-35)68-52(76)33-65-54(79)45(9-5-26-63-59(62)84)70-56(81)48-10-6-28-71(48)57(82)47(23-24-53(77)78)69-51(75)25-27-64-60(87)67-37-14-19-42-41(30-37)58(83)86-61(42)43-20-17-39(73)31-49(43)85-50-32-40(74)18-21-44(50)61/h2-4,7-8,11-12,14-21,30-32,34,45-48,72-74H,5-6,9-10,13,22-29,33H2,1H3,(H,65,79)(H,66,80)(H,68,76)(H,69,75)(H,70,81)(H,77,78)(H3,62,63,84)(H2,64,67,87)/t34-,45+,46+,47+,48+/m1/s1. The number of carbonyl (C=O) groups excluding carboxylic acids is 8. The molecule has 3 heterocycles. The van der Waals surface area contributed by atoms with E-state index in [0.29, 0.717) is 41.6 Å². The lowest BCUT2D eigenvalue weighted by atomic mass is 9.77. The molecule has 1 spiro atoms. The van der Waals surface area contributed by atoms with Gasteiger partial charge in [-0.1, -0.05) is 48.5 Å². The number of primary amides is 1. The fourth-order valence-electron chi connectivity index (χ4n) is 10.7. The summed E-state index contributed by atoms with van der Waals surface area (Å²) >= 11 is 5.51. The summed E-state index contributed by atoms with van der Waals surface area (Å²) in [5, 5.41) is 61.6. The Morgan fingerprint density at radius 3 is 2.02 bits per heavy atom. The van der Waals surface area contributed by atoms with Crippen molar-refractivity contribution < 1.29 is 73.1 Å². The second kappa shape index (κ2) is 28.7. The number of thiocarbonyl (C=S) groups is 1. The third kappa shape index (κ3) is 16.3. The molecule has 458 valence electrons. The SMILES string of the molecule is C[C@H](Cc1ccc(O)cc1)NC(=O)[C@H](CCc1ccccc1)NC(=O)CNC(=O)[C@H](CCCNC(N)=O)NC(=O)[C@@H]1CCCN1C(=O)[C@H](CCC(=O)O)NC(=O)CCNC(=S)Nc1ccc2c(c1)C(=O)OC21c2ccc(O)cc2Oc2cc(O)ccc21. The monoisotopic (exact) mass is 1210 g/mol. The van der Waals surface area contributed by atoms with Gasteiger partial charge < -0.3 is 83.1 Å². The fraction of sp³-hybridized carbons (Fsp3) is 0.344. The van der Waals surface area contributed by atoms with E-state index >= 15 is 0 Å². The summed E-state index contributed by atoms with van der Waals surface area (Å²) in [6.07, 6.45) is 0.542. The predicted molar refractivity (Wildman–Crippen MR) is 318 cm³/mol. The number of aliphatic carboxylic acids is 1. The minimum absolute atomic E-state index is 0.0223. The second-order valence-electron chi connectivity index (χ2n) is 21.3. The number of rotatable bonds is 26. The maximum absolute atomic E-state index is 14.3. The van der Waals surface area contributed by atoms with Crippen molar-refractivity contribution in [2.45, 2.75) is 107 Å². The highest BCUT2D eigenvalue weighted by Crippen LogP contribution is 2.57. The zero-order valence-corrected chi connectivity index (χ0v) is 48.2. The van der Waals surface area contributed by atoms with Crippen molar-refractivity contribution in [2.24, 2.45) is 5.73 Å². The molecule has 1 fully saturated rings. The minimum Gasteiger partial charge on any atom is -0.508 e. The van der Waals surface area contributed by atoms with Crippen molar-refractivity contribution in [1.82, 2.24) is 42.1 Å². The average Bonchev–Trinajstić information content (AvgIpc) is 1.66. The Morgan fingerprint density at radius 2 is 1.34 bits per heavy atom. The van der Waals surface area contributed by atoms with Crippen LogP contribution in [0.3, 0.4) is 0 Å². The summed E-state index contributed by atoms with van der Waals surface area (Å²) < 4.78 is 12.2. The molecule has 0 saturated carbocycles. The quantitative estimate of drug-likeness (QED) is 0.0215. The largest absolute Gasteiger partial charge is 0.508 e. The van der Waals surface area contributed by atoms with Crippen LogP contribution in [0, 0.1) is 0 Å². The molecule has 25 nitrogen and oxygen atoms in total. The Labute approximate surface area is 505 Å². The fourth-order valence-corrected chi connectivity index (χ4v) is 11.0. The number of nitrogens with zero attached hydrogens (tertiary/aromatic N) is 1. The Morgan fingerprint density at radius 1 is 0.690 bits per heavy atom. The maximum atomic E-state index is 14.3. The number of benzene rings is 5. The van der Waals surface area contributed by atoms with E-state index in [1.165, 1.54) is 35.2 Å². The lowest BCUT2D eigenvalue weighted by Gasteiger charge is -2.36. The van der Waals surface area contributed by atoms with Crippen molar-refractivity contribution >= 4 is 76.4 Å². The van der Waals surface area contributed by atoms with E-state index in [9.17, 15) is 63.6 Å². The zero-order valence-electron chi connectivity index (χ0n) is 47.4. The molecule has 0 radical (unpaired) electrons. The van der Waals surface area contributed by atoms with Gasteiger partial charge in [0.15, 0.2) is 10.7 Å². The molecule has 5 aromatic carbocycles. The number of nitrogens with one attached hydrogen (secondary N) is 8. The van der Waals surface area contributed by atoms with Gasteiger partial charge in [0.25, 0.3) is 0 Å². The highest BCUT2D eigenvalue weighted by atomic mass is 32.1. The van der Waals surface area contributed by atoms with Gasteiger partial charge in [-0.2, -0.15) is 0 Å². The van der Waals surface area contributed by atoms with Crippen LogP contribution in [0.5, 0.6) is 28.7 Å². The molecule has 5 aromatic rings. The van der Waals surface area contributed by atoms with Gasteiger partial charge >= 0.3 is 18.0 Å². The van der Waals surface area contributed by atoms with Gasteiger partial charge in [0.05, 0.1) is 12.1 Å². The molecule has 3 aliphatic rings. The first-order chi connectivity index (χ1) is 41.7. The summed E-state index contributed by atoms with van der Waals surface area (Å²) in [4.78, 5) is 121. The number of ether oxygens (including phenoxy) is 2. The Balaban J connectivity index is 0.859. The van der Waals surface area contributed by atoms with Crippen LogP contribution < -0.4 is 53.0 Å². The van der Waals surface area contributed by atoms with Gasteiger partial charge in [0.1, 0.15) is 52.9 Å². The molecule has 8 amide bonds. The summed E-state index contributed by atoms with van der Waals surface area (Å²) in [6, 6.07) is 23.5. The number of carboxylic acids is 1. The van der Waals surface area contributed by atoms with E-state index < -0.39 is 96.1 Å². The summed E-state index contributed by atoms with van der Waals surface area (Å²) in [7, 11) is 0. The Hall–Kier alpha value is -9.98. The van der Waals surface area contributed by atoms with Gasteiger partial charge in [-0.05, 0) is 130 Å². The smallest absolute Gasteiger partial charge is 0.340 e. The first kappa shape index (κ1) is 63.1. The topological polar surface area (TPSA) is 379 Å². The first-order valence-corrected chi connectivity index (χ1v) is 28.7. The summed E-state index contributed by atoms with van der Waals surface area (Å²) in [5.41, 5.74) is 7.45. The number of carbonyl (C=O) groups is 9. The van der Waals surface area contributed by atoms with Crippen molar-refractivity contribution in [3.05, 3.63) is 143 Å². The van der Waals surface area contributed by atoms with E-state index in [0.717, 1.165) is 11.1 Å². The van der Waals surface area contributed by atoms with E-state index in [2.05, 4.69) is 42.5 Å². The van der Waals surface area contributed by atoms with Crippen molar-refractivity contribution in [2.75, 3.05) is 31.5 Å². The predicted octanol–water partition coefficient (Wildman–Crippen LogP) is 3.30. The number of hydrogen-bond acceptors (Lipinski definition) is 15. The molecule has 87 heavy (non-hydrogen) atoms. The second-order valence-corrected chi connectivity index (χ2v) is 21.7. The molecule has 3 aliphatic heterocycles. The van der Waals surface area contributed by atoms with Crippen LogP contribution in [0.15, 0.2) is 109 Å². The highest BCUT2D eigenvalue weighted by molar-refractivity contribution is 7.80. The van der Waals surface area contributed by atoms with E-state index in [4.69, 9.17) is 27.4 Å². The van der Waals surface area contributed by atoms with E-state index in [1.807, 2.05) is 30.3 Å². The van der Waals surface area contributed by atoms with Crippen molar-refractivity contribution in [3.63, 3.8) is 0 Å². The Bertz CT molecular complexity index is 3370. The molecule has 0 aromatic heterocycles. The number of urea groups is 1. The first-order valence-electron chi connectivity index (χ1n) is 28.3. The van der Waals surface area contributed by atoms with Crippen LogP contribution in [0.25, 0.3) is 0 Å². The van der Waals surface area contributed by atoms with E-state index in [1.54, 1.807) is 55.5 Å². The maximum Gasteiger partial charge on any atom is 0.340 e. The Kier molecular flexibility index (Phi) is 20.8. The number of nitrogens with two attached hydrogens (primary N) is 1. The van der Waals surface area contributed by atoms with Crippen LogP contribution in [-0.2, 0) is 56.7 Å². The number of phenols is 3. The van der Waals surface area contributed by atoms with Crippen LogP contribution in [0.1, 0.15) is 96.5 Å². The molecule has 0 bridgehead atoms. The molecule has 8 rings (SSSR count). The van der Waals surface area contributed by atoms with Crippen LogP contribution in [-0.4, -0.2) is 140 Å². The molecule has 0 unspecified atom stereocenters. The number of esters is 1. The molecule has 5 atom stereocenters. The van der Waals surface area contributed by atoms with Crippen molar-refractivity contribution in [1.29, 1.82) is 0 Å². The lowest BCUT2D eigenvalue weighted by molar-refractivity contribution is -0.143. The van der Waals surface area contributed by atoms with Gasteiger partial charge in [-0.25, -0.2) is 9.59 Å². The van der Waals surface area contributed by atoms with Gasteiger partial charge in [0, 0.05) is 73.0 Å². The number of carboxylic acid groups (broad SMARTS) is 1. The van der Waals surface area contributed by atoms with Gasteiger partial charge in [-0.3, -0.25) is 33.6 Å². The number of anilines is 1. The molecule has 1 saturated heterocycles. The zero-order chi connectivity index (χ0) is 62.4. The number of phenolic OH excluding ortho intramolecular Hbond substituents is 3. The number of hydrogen-bond donors (Lipinski definition) is 13. The number of fused-ring (bicyclic) bond motifs is 6. The summed E-state index contributed by atoms with van der Waals surface area (Å²) in [5.74, 6) is -5.68. The summed E-state index contributed by atoms with van der Waals surface area (Å²) in [6.45, 7) is 1.21. The number of amides is 8. The minimum atomic E-state index is -1.49. The molecule has 14 N–H and O–H groups in total. The molecule has 26 heteroatoms. The van der Waals surface area contributed by atoms with Crippen LogP contribution >= 0.6 is 12.2 Å². The van der Waals surface area contributed by atoms with Crippen LogP contribution in [0.4, 0.5) is 10.5 Å². The van der Waals surface area contributed by atoms with Gasteiger partial charge in [0.2, 0.25) is 35.4 Å². The molecular formula is C61H68N10O15S. The number of likely N-dealkylation sites (tertiary alicyclic amines) is 1. The van der Waals surface area contributed by atoms with Crippen LogP contribution in [0.2, 0.25) is 0 Å². The molecule has 0 aliphatic carbocycles. The third-order valence-corrected chi connectivity index (χ3v) is 15.1. The van der Waals surface area contributed by atoms with Gasteiger partial charge in [-0.15, -0.1) is 0 Å². The van der Waals surface area contributed by atoms with Crippen molar-refractivity contribution in [3.8, 4) is 28.7 Å². The highest BCUT2D eigenvalue weighted by Gasteiger charge is 2.54. The van der Waals surface area contributed by atoms with E-state index in [-0.39, 0.29) is 104 Å². The molecular weight excluding hydrogens is 1140 g/mol. The normalized spacial score (nSPS) is 15.5. The number of aromatic hydroxyl groups is 3. The third-order valence-electron chi connectivity index (χ3n) is 14.9. The average molecular weight is 1210 g/mol. The lowest BCUT2D eigenvalue weighted by Crippen LogP contribution is -2.57. The number of aryl methyl sites for hydroxylation is 1.